The van der Waals surface area contributed by atoms with Crippen molar-refractivity contribution < 1.29 is 37.5 Å². The van der Waals surface area contributed by atoms with Gasteiger partial charge in [-0.25, -0.2) is 4.98 Å². The molecule has 4 aliphatic rings. The van der Waals surface area contributed by atoms with Crippen LogP contribution in [0.2, 0.25) is 10.0 Å². The number of fused-ring (bicyclic) bond motifs is 4. The summed E-state index contributed by atoms with van der Waals surface area (Å²) in [6, 6.07) is 13.5. The number of nitrogens with zero attached hydrogens (tertiary/aromatic N) is 3. The number of hydrazine groups is 1. The largest absolute Gasteiger partial charge is 0.508 e. The number of anilines is 1. The molecule has 49 heavy (non-hydrogen) atoms. The number of carbonyl (C=O) groups is 4. The average Bonchev–Trinajstić information content (AvgIpc) is 3.43. The molecule has 2 N–H and O–H groups in total. The van der Waals surface area contributed by atoms with Crippen LogP contribution in [0.15, 0.2) is 72.4 Å². The molecule has 4 amide bonds. The fourth-order valence-corrected chi connectivity index (χ4v) is 8.70. The summed E-state index contributed by atoms with van der Waals surface area (Å²) in [5.41, 5.74) is 1.11. The van der Waals surface area contributed by atoms with Crippen molar-refractivity contribution in [2.75, 3.05) is 12.0 Å². The van der Waals surface area contributed by atoms with Gasteiger partial charge >= 0.3 is 6.18 Å². The Kier molecular flexibility index (Phi) is 8.02. The molecule has 2 aliphatic carbocycles. The number of rotatable bonds is 6. The van der Waals surface area contributed by atoms with Crippen LogP contribution in [0.4, 0.5) is 19.0 Å². The lowest BCUT2D eigenvalue weighted by Crippen LogP contribution is -2.53. The Morgan fingerprint density at radius 2 is 1.71 bits per heavy atom. The molecule has 254 valence electrons. The number of halogens is 5. The van der Waals surface area contributed by atoms with Crippen molar-refractivity contribution >= 4 is 52.6 Å². The number of amides is 4. The number of para-hydroxylation sites is 1. The lowest BCUT2D eigenvalue weighted by molar-refractivity contribution is -0.141. The molecule has 2 saturated heterocycles. The SMILES string of the molecule is CCCN1C(=O)[C@H]2[C@H](CC=C3[C@H]2C[C@H]2C(=O)N(Nc4ncc(C(F)(F)F)cc4Cl)C(=O)[C@@]2(c2ccc(Cl)cc2)[C@H]3c2ccccc2O)C1=O. The van der Waals surface area contributed by atoms with Gasteiger partial charge in [0.1, 0.15) is 5.75 Å². The number of aromatic nitrogens is 1. The van der Waals surface area contributed by atoms with Crippen molar-refractivity contribution in [1.29, 1.82) is 0 Å². The Balaban J connectivity index is 1.43. The van der Waals surface area contributed by atoms with E-state index in [9.17, 15) is 32.7 Å². The number of hydrogen-bond donors (Lipinski definition) is 2. The molecule has 9 nitrogen and oxygen atoms in total. The standard InChI is InChI=1S/C35H29Cl2F3N4O5/c1-2-13-43-30(46)22-12-11-20-23(27(22)32(43)48)15-24-31(47)44(42-29-25(37)14-18(16-41-29)35(38,39)40)33(49)34(24,17-7-9-19(36)10-8-17)28(20)21-5-3-4-6-26(21)45/h3-11,14,16,22-24,27-28,45H,2,12-13,15H2,1H3,(H,41,42)/t22-,23+,24-,27-,28+,34+/m0/s1. The maximum atomic E-state index is 15.1. The van der Waals surface area contributed by atoms with E-state index in [0.717, 1.165) is 0 Å². The van der Waals surface area contributed by atoms with E-state index in [0.29, 0.717) is 45.4 Å². The van der Waals surface area contributed by atoms with Crippen LogP contribution >= 0.6 is 23.2 Å². The number of benzene rings is 2. The van der Waals surface area contributed by atoms with E-state index in [-0.39, 0.29) is 42.8 Å². The molecule has 3 fully saturated rings. The van der Waals surface area contributed by atoms with Crippen LogP contribution in [0.25, 0.3) is 0 Å². The summed E-state index contributed by atoms with van der Waals surface area (Å²) in [6.07, 6.45) is -1.55. The molecule has 2 aromatic carbocycles. The molecule has 0 radical (unpaired) electrons. The molecule has 1 aromatic heterocycles. The van der Waals surface area contributed by atoms with Crippen LogP contribution in [0, 0.1) is 23.7 Å². The topological polar surface area (TPSA) is 120 Å². The molecule has 0 unspecified atom stereocenters. The van der Waals surface area contributed by atoms with Crippen molar-refractivity contribution in [2.45, 2.75) is 43.7 Å². The first kappa shape index (κ1) is 33.1. The summed E-state index contributed by atoms with van der Waals surface area (Å²) < 4.78 is 40.1. The van der Waals surface area contributed by atoms with E-state index in [1.807, 2.05) is 13.0 Å². The number of hydrogen-bond acceptors (Lipinski definition) is 7. The van der Waals surface area contributed by atoms with E-state index in [1.54, 1.807) is 42.5 Å². The number of allylic oxidation sites excluding steroid dienone is 2. The molecule has 0 spiro atoms. The number of pyridine rings is 1. The Labute approximate surface area is 288 Å². The van der Waals surface area contributed by atoms with Gasteiger partial charge in [-0.3, -0.25) is 29.5 Å². The second-order valence-electron chi connectivity index (χ2n) is 12.8. The van der Waals surface area contributed by atoms with Crippen molar-refractivity contribution in [1.82, 2.24) is 14.9 Å². The number of alkyl halides is 3. The first-order valence-corrected chi connectivity index (χ1v) is 16.5. The van der Waals surface area contributed by atoms with Gasteiger partial charge in [0.15, 0.2) is 5.82 Å². The Morgan fingerprint density at radius 3 is 2.37 bits per heavy atom. The zero-order valence-corrected chi connectivity index (χ0v) is 27.4. The third-order valence-corrected chi connectivity index (χ3v) is 10.9. The van der Waals surface area contributed by atoms with Crippen LogP contribution < -0.4 is 5.43 Å². The maximum absolute atomic E-state index is 15.1. The van der Waals surface area contributed by atoms with Crippen molar-refractivity contribution in [3.8, 4) is 5.75 Å². The smallest absolute Gasteiger partial charge is 0.417 e. The van der Waals surface area contributed by atoms with E-state index in [2.05, 4.69) is 10.4 Å². The van der Waals surface area contributed by atoms with Gasteiger partial charge in [-0.15, -0.1) is 0 Å². The van der Waals surface area contributed by atoms with Gasteiger partial charge in [0.05, 0.1) is 33.8 Å². The minimum atomic E-state index is -4.74. The quantitative estimate of drug-likeness (QED) is 0.221. The van der Waals surface area contributed by atoms with Gasteiger partial charge in [-0.2, -0.15) is 18.2 Å². The van der Waals surface area contributed by atoms with Crippen LogP contribution in [0.5, 0.6) is 5.75 Å². The predicted octanol–water partition coefficient (Wildman–Crippen LogP) is 6.51. The highest BCUT2D eigenvalue weighted by Crippen LogP contribution is 2.65. The minimum absolute atomic E-state index is 0.00433. The zero-order chi connectivity index (χ0) is 35.0. The number of nitrogens with one attached hydrogen (secondary N) is 1. The summed E-state index contributed by atoms with van der Waals surface area (Å²) in [4.78, 5) is 62.1. The molecule has 7 rings (SSSR count). The third kappa shape index (κ3) is 4.93. The molecule has 2 aliphatic heterocycles. The fraction of sp³-hybridized carbons (Fsp3) is 0.343. The van der Waals surface area contributed by atoms with Crippen molar-refractivity contribution in [3.05, 3.63) is 99.2 Å². The van der Waals surface area contributed by atoms with Crippen LogP contribution in [0.3, 0.4) is 0 Å². The summed E-state index contributed by atoms with van der Waals surface area (Å²) in [7, 11) is 0. The van der Waals surface area contributed by atoms with Gasteiger partial charge in [-0.05, 0) is 55.0 Å². The summed E-state index contributed by atoms with van der Waals surface area (Å²) in [6.45, 7) is 2.12. The molecular formula is C35H29Cl2F3N4O5. The van der Waals surface area contributed by atoms with Gasteiger partial charge < -0.3 is 5.11 Å². The summed E-state index contributed by atoms with van der Waals surface area (Å²) in [5, 5.41) is 11.9. The maximum Gasteiger partial charge on any atom is 0.417 e. The first-order chi connectivity index (χ1) is 23.3. The normalized spacial score (nSPS) is 28.0. The third-order valence-electron chi connectivity index (χ3n) is 10.3. The second-order valence-corrected chi connectivity index (χ2v) is 13.6. The van der Waals surface area contributed by atoms with Gasteiger partial charge in [-0.1, -0.05) is 72.1 Å². The lowest BCUT2D eigenvalue weighted by Gasteiger charge is -2.50. The second kappa shape index (κ2) is 11.9. The monoisotopic (exact) mass is 712 g/mol. The summed E-state index contributed by atoms with van der Waals surface area (Å²) >= 11 is 12.5. The zero-order valence-electron chi connectivity index (χ0n) is 25.9. The molecular weight excluding hydrogens is 684 g/mol. The Bertz CT molecular complexity index is 1940. The predicted molar refractivity (Wildman–Crippen MR) is 172 cm³/mol. The van der Waals surface area contributed by atoms with Crippen molar-refractivity contribution in [2.24, 2.45) is 23.7 Å². The van der Waals surface area contributed by atoms with E-state index < -0.39 is 63.6 Å². The number of phenols is 1. The molecule has 3 aromatic rings. The Hall–Kier alpha value is -4.42. The van der Waals surface area contributed by atoms with Crippen LogP contribution in [0.1, 0.15) is 48.8 Å². The number of phenolic OH excluding ortho intramolecular Hbond substituents is 1. The molecule has 3 heterocycles. The summed E-state index contributed by atoms with van der Waals surface area (Å²) in [5.74, 6) is -6.85. The van der Waals surface area contributed by atoms with Gasteiger partial charge in [0.2, 0.25) is 11.8 Å². The Morgan fingerprint density at radius 1 is 1.00 bits per heavy atom. The van der Waals surface area contributed by atoms with Crippen LogP contribution in [-0.2, 0) is 30.8 Å². The average molecular weight is 714 g/mol. The minimum Gasteiger partial charge on any atom is -0.508 e. The fourth-order valence-electron chi connectivity index (χ4n) is 8.37. The first-order valence-electron chi connectivity index (χ1n) is 15.8. The number of carbonyl (C=O) groups excluding carboxylic acids is 4. The molecule has 14 heteroatoms. The highest BCUT2D eigenvalue weighted by atomic mass is 35.5. The van der Waals surface area contributed by atoms with E-state index in [1.165, 1.54) is 11.0 Å². The number of imide groups is 2. The van der Waals surface area contributed by atoms with Crippen LogP contribution in [-0.4, -0.2) is 50.2 Å². The van der Waals surface area contributed by atoms with Gasteiger partial charge in [0, 0.05) is 29.2 Å². The highest BCUT2D eigenvalue weighted by Gasteiger charge is 2.70. The van der Waals surface area contributed by atoms with E-state index in [4.69, 9.17) is 23.2 Å². The highest BCUT2D eigenvalue weighted by molar-refractivity contribution is 6.33. The molecule has 6 atom stereocenters. The molecule has 0 bridgehead atoms. The lowest BCUT2D eigenvalue weighted by atomic mass is 9.49. The van der Waals surface area contributed by atoms with E-state index >= 15 is 4.79 Å². The number of likely N-dealkylation sites (tertiary alicyclic amines) is 1. The molecule has 1 saturated carbocycles. The van der Waals surface area contributed by atoms with Crippen molar-refractivity contribution in [3.63, 3.8) is 0 Å². The van der Waals surface area contributed by atoms with Gasteiger partial charge in [0.25, 0.3) is 11.8 Å². The number of aromatic hydroxyl groups is 1.